The molecule has 0 heterocycles. The topological polar surface area (TPSA) is 41.1 Å². The van der Waals surface area contributed by atoms with E-state index in [2.05, 4.69) is 10.6 Å². The maximum Gasteiger partial charge on any atom is 0.315 e. The van der Waals surface area contributed by atoms with Crippen molar-refractivity contribution in [2.24, 2.45) is 0 Å². The SMILES string of the molecule is O=C(NCCc1cccc(Cl)c1)NCc1ccccc1F. The first kappa shape index (κ1) is 15.3. The van der Waals surface area contributed by atoms with E-state index in [1.165, 1.54) is 6.07 Å². The molecule has 0 aromatic heterocycles. The van der Waals surface area contributed by atoms with Gasteiger partial charge in [-0.1, -0.05) is 41.9 Å². The number of amides is 2. The average molecular weight is 307 g/mol. The molecule has 0 aliphatic carbocycles. The van der Waals surface area contributed by atoms with Crippen LogP contribution in [0.3, 0.4) is 0 Å². The Kier molecular flexibility index (Phi) is 5.58. The smallest absolute Gasteiger partial charge is 0.315 e. The van der Waals surface area contributed by atoms with Crippen molar-refractivity contribution in [3.05, 3.63) is 70.5 Å². The van der Waals surface area contributed by atoms with Gasteiger partial charge < -0.3 is 10.6 Å². The number of carbonyl (C=O) groups excluding carboxylic acids is 1. The second-order valence-electron chi connectivity index (χ2n) is 4.58. The molecule has 0 saturated heterocycles. The molecule has 0 bridgehead atoms. The van der Waals surface area contributed by atoms with Gasteiger partial charge in [0.25, 0.3) is 0 Å². The Hall–Kier alpha value is -2.07. The molecular weight excluding hydrogens is 291 g/mol. The molecule has 21 heavy (non-hydrogen) atoms. The Bertz CT molecular complexity index is 619. The van der Waals surface area contributed by atoms with E-state index in [1.807, 2.05) is 18.2 Å². The summed E-state index contributed by atoms with van der Waals surface area (Å²) in [4.78, 5) is 11.6. The highest BCUT2D eigenvalue weighted by Gasteiger charge is 2.03. The average Bonchev–Trinajstić information content (AvgIpc) is 2.46. The fourth-order valence-corrected chi connectivity index (χ4v) is 2.11. The minimum Gasteiger partial charge on any atom is -0.338 e. The lowest BCUT2D eigenvalue weighted by Gasteiger charge is -2.08. The largest absolute Gasteiger partial charge is 0.338 e. The zero-order valence-corrected chi connectivity index (χ0v) is 12.2. The number of nitrogens with one attached hydrogen (secondary N) is 2. The van der Waals surface area contributed by atoms with Crippen LogP contribution in [-0.2, 0) is 13.0 Å². The number of urea groups is 1. The summed E-state index contributed by atoms with van der Waals surface area (Å²) >= 11 is 5.88. The van der Waals surface area contributed by atoms with Crippen LogP contribution in [0.1, 0.15) is 11.1 Å². The third kappa shape index (κ3) is 5.08. The molecular formula is C16H16ClFN2O. The number of hydrogen-bond acceptors (Lipinski definition) is 1. The van der Waals surface area contributed by atoms with Gasteiger partial charge in [-0.25, -0.2) is 9.18 Å². The summed E-state index contributed by atoms with van der Waals surface area (Å²) in [7, 11) is 0. The van der Waals surface area contributed by atoms with Gasteiger partial charge in [0.1, 0.15) is 5.82 Å². The molecule has 110 valence electrons. The predicted octanol–water partition coefficient (Wildman–Crippen LogP) is 3.52. The first-order valence-electron chi connectivity index (χ1n) is 6.65. The molecule has 2 rings (SSSR count). The number of hydrogen-bond donors (Lipinski definition) is 2. The van der Waals surface area contributed by atoms with E-state index < -0.39 is 0 Å². The molecule has 0 fully saturated rings. The fraction of sp³-hybridized carbons (Fsp3) is 0.188. The van der Waals surface area contributed by atoms with Crippen molar-refractivity contribution >= 4 is 17.6 Å². The van der Waals surface area contributed by atoms with Gasteiger partial charge >= 0.3 is 6.03 Å². The Morgan fingerprint density at radius 2 is 1.90 bits per heavy atom. The minimum absolute atomic E-state index is 0.162. The predicted molar refractivity (Wildman–Crippen MR) is 81.8 cm³/mol. The zero-order chi connectivity index (χ0) is 15.1. The van der Waals surface area contributed by atoms with E-state index in [0.29, 0.717) is 23.6 Å². The summed E-state index contributed by atoms with van der Waals surface area (Å²) in [6, 6.07) is 13.5. The standard InChI is InChI=1S/C16H16ClFN2O/c17-14-6-3-4-12(10-14)8-9-19-16(21)20-11-13-5-1-2-7-15(13)18/h1-7,10H,8-9,11H2,(H2,19,20,21). The molecule has 0 unspecified atom stereocenters. The van der Waals surface area contributed by atoms with E-state index >= 15 is 0 Å². The first-order valence-corrected chi connectivity index (χ1v) is 7.02. The maximum atomic E-state index is 13.4. The van der Waals surface area contributed by atoms with Crippen molar-refractivity contribution in [2.75, 3.05) is 6.54 Å². The summed E-state index contributed by atoms with van der Waals surface area (Å²) < 4.78 is 13.4. The number of rotatable bonds is 5. The van der Waals surface area contributed by atoms with Gasteiger partial charge in [-0.15, -0.1) is 0 Å². The molecule has 0 aliphatic heterocycles. The normalized spacial score (nSPS) is 10.2. The quantitative estimate of drug-likeness (QED) is 0.872. The molecule has 2 aromatic carbocycles. The van der Waals surface area contributed by atoms with Gasteiger partial charge in [0.15, 0.2) is 0 Å². The molecule has 0 spiro atoms. The van der Waals surface area contributed by atoms with Crippen LogP contribution in [0.2, 0.25) is 5.02 Å². The summed E-state index contributed by atoms with van der Waals surface area (Å²) in [6.45, 7) is 0.652. The maximum absolute atomic E-state index is 13.4. The Morgan fingerprint density at radius 3 is 2.67 bits per heavy atom. The molecule has 2 amide bonds. The molecule has 0 radical (unpaired) electrons. The van der Waals surface area contributed by atoms with Crippen LogP contribution < -0.4 is 10.6 Å². The van der Waals surface area contributed by atoms with Crippen molar-refractivity contribution in [1.82, 2.24) is 10.6 Å². The number of carbonyl (C=O) groups is 1. The van der Waals surface area contributed by atoms with Crippen molar-refractivity contribution in [3.8, 4) is 0 Å². The fourth-order valence-electron chi connectivity index (χ4n) is 1.89. The molecule has 5 heteroatoms. The van der Waals surface area contributed by atoms with Crippen molar-refractivity contribution < 1.29 is 9.18 Å². The van der Waals surface area contributed by atoms with Gasteiger partial charge in [-0.3, -0.25) is 0 Å². The van der Waals surface area contributed by atoms with E-state index in [-0.39, 0.29) is 18.4 Å². The molecule has 3 nitrogen and oxygen atoms in total. The summed E-state index contributed by atoms with van der Waals surface area (Å²) in [6.07, 6.45) is 0.688. The van der Waals surface area contributed by atoms with Gasteiger partial charge in [-0.2, -0.15) is 0 Å². The van der Waals surface area contributed by atoms with Crippen LogP contribution in [-0.4, -0.2) is 12.6 Å². The lowest BCUT2D eigenvalue weighted by molar-refractivity contribution is 0.240. The van der Waals surface area contributed by atoms with Gasteiger partial charge in [0.05, 0.1) is 0 Å². The highest BCUT2D eigenvalue weighted by molar-refractivity contribution is 6.30. The van der Waals surface area contributed by atoms with Gasteiger partial charge in [0.2, 0.25) is 0 Å². The molecule has 0 saturated carbocycles. The highest BCUT2D eigenvalue weighted by Crippen LogP contribution is 2.10. The second-order valence-corrected chi connectivity index (χ2v) is 5.02. The summed E-state index contributed by atoms with van der Waals surface area (Å²) in [5.41, 5.74) is 1.51. The monoisotopic (exact) mass is 306 g/mol. The lowest BCUT2D eigenvalue weighted by atomic mass is 10.1. The number of halogens is 2. The van der Waals surface area contributed by atoms with E-state index in [0.717, 1.165) is 5.56 Å². The summed E-state index contributed by atoms with van der Waals surface area (Å²) in [5, 5.41) is 6.02. The summed E-state index contributed by atoms with van der Waals surface area (Å²) in [5.74, 6) is -0.322. The first-order chi connectivity index (χ1) is 10.1. The van der Waals surface area contributed by atoms with Crippen LogP contribution in [0.15, 0.2) is 48.5 Å². The van der Waals surface area contributed by atoms with E-state index in [9.17, 15) is 9.18 Å². The van der Waals surface area contributed by atoms with Crippen LogP contribution in [0, 0.1) is 5.82 Å². The Morgan fingerprint density at radius 1 is 1.10 bits per heavy atom. The van der Waals surface area contributed by atoms with Crippen LogP contribution in [0.25, 0.3) is 0 Å². The lowest BCUT2D eigenvalue weighted by Crippen LogP contribution is -2.36. The van der Waals surface area contributed by atoms with E-state index in [4.69, 9.17) is 11.6 Å². The van der Waals surface area contributed by atoms with Gasteiger partial charge in [-0.05, 0) is 30.2 Å². The van der Waals surface area contributed by atoms with Crippen molar-refractivity contribution in [1.29, 1.82) is 0 Å². The van der Waals surface area contributed by atoms with Gasteiger partial charge in [0, 0.05) is 23.7 Å². The molecule has 2 N–H and O–H groups in total. The minimum atomic E-state index is -0.322. The van der Waals surface area contributed by atoms with Crippen LogP contribution >= 0.6 is 11.6 Å². The Labute approximate surface area is 128 Å². The third-order valence-corrected chi connectivity index (χ3v) is 3.22. The molecule has 0 aliphatic rings. The van der Waals surface area contributed by atoms with Crippen LogP contribution in [0.5, 0.6) is 0 Å². The molecule has 0 atom stereocenters. The van der Waals surface area contributed by atoms with E-state index in [1.54, 1.807) is 24.3 Å². The van der Waals surface area contributed by atoms with Crippen LogP contribution in [0.4, 0.5) is 9.18 Å². The molecule has 2 aromatic rings. The second kappa shape index (κ2) is 7.64. The van der Waals surface area contributed by atoms with Crippen molar-refractivity contribution in [2.45, 2.75) is 13.0 Å². The Balaban J connectivity index is 1.72. The number of benzene rings is 2. The third-order valence-electron chi connectivity index (χ3n) is 2.99. The van der Waals surface area contributed by atoms with Crippen molar-refractivity contribution in [3.63, 3.8) is 0 Å². The zero-order valence-electron chi connectivity index (χ0n) is 11.4. The highest BCUT2D eigenvalue weighted by atomic mass is 35.5.